The van der Waals surface area contributed by atoms with Crippen LogP contribution < -0.4 is 5.73 Å². The Labute approximate surface area is 122 Å². The first-order valence-electron chi connectivity index (χ1n) is 6.90. The van der Waals surface area contributed by atoms with E-state index in [0.29, 0.717) is 17.8 Å². The first-order chi connectivity index (χ1) is 10.3. The molecule has 0 radical (unpaired) electrons. The Morgan fingerprint density at radius 2 is 1.90 bits per heavy atom. The molecule has 0 aliphatic heterocycles. The third-order valence-corrected chi connectivity index (χ3v) is 3.44. The number of aliphatic hydroxyl groups is 1. The molecule has 0 spiro atoms. The summed E-state index contributed by atoms with van der Waals surface area (Å²) in [5.41, 5.74) is 8.43. The smallest absolute Gasteiger partial charge is 0.165 e. The third-order valence-electron chi connectivity index (χ3n) is 3.44. The summed E-state index contributed by atoms with van der Waals surface area (Å²) in [7, 11) is 0. The van der Waals surface area contributed by atoms with E-state index in [1.165, 1.54) is 11.9 Å². The standard InChI is InChI=1S/C15H17N5O/c16-14-13-15(18-10-17-14)20(12(19-13)7-9-21)8-6-11-4-2-1-3-5-11/h1-5,10,21H,6-9H2,(H2,16,17,18). The first kappa shape index (κ1) is 13.5. The first-order valence-corrected chi connectivity index (χ1v) is 6.90. The summed E-state index contributed by atoms with van der Waals surface area (Å²) in [5, 5.41) is 9.20. The van der Waals surface area contributed by atoms with Crippen LogP contribution in [0.2, 0.25) is 0 Å². The molecule has 1 aromatic carbocycles. The van der Waals surface area contributed by atoms with Gasteiger partial charge < -0.3 is 15.4 Å². The van der Waals surface area contributed by atoms with Crippen molar-refractivity contribution >= 4 is 17.0 Å². The molecule has 2 aromatic heterocycles. The van der Waals surface area contributed by atoms with Crippen molar-refractivity contribution in [2.24, 2.45) is 0 Å². The number of nitrogen functional groups attached to an aromatic ring is 1. The van der Waals surface area contributed by atoms with Gasteiger partial charge in [0.1, 0.15) is 12.2 Å². The lowest BCUT2D eigenvalue weighted by Crippen LogP contribution is -2.08. The number of imidazole rings is 1. The summed E-state index contributed by atoms with van der Waals surface area (Å²) in [5.74, 6) is 1.16. The summed E-state index contributed by atoms with van der Waals surface area (Å²) in [4.78, 5) is 12.7. The quantitative estimate of drug-likeness (QED) is 0.734. The monoisotopic (exact) mass is 283 g/mol. The van der Waals surface area contributed by atoms with Crippen LogP contribution in [0.3, 0.4) is 0 Å². The normalized spacial score (nSPS) is 11.1. The number of anilines is 1. The summed E-state index contributed by atoms with van der Waals surface area (Å²) < 4.78 is 2.01. The fourth-order valence-electron chi connectivity index (χ4n) is 2.41. The number of hydrogen-bond acceptors (Lipinski definition) is 5. The minimum absolute atomic E-state index is 0.0436. The second-order valence-electron chi connectivity index (χ2n) is 4.82. The lowest BCUT2D eigenvalue weighted by atomic mass is 10.1. The molecule has 3 aromatic rings. The van der Waals surface area contributed by atoms with Gasteiger partial charge in [0.15, 0.2) is 17.0 Å². The van der Waals surface area contributed by atoms with E-state index in [1.54, 1.807) is 0 Å². The van der Waals surface area contributed by atoms with Gasteiger partial charge in [-0.25, -0.2) is 15.0 Å². The van der Waals surface area contributed by atoms with Crippen molar-refractivity contribution < 1.29 is 5.11 Å². The summed E-state index contributed by atoms with van der Waals surface area (Å²) in [6.45, 7) is 0.786. The average molecular weight is 283 g/mol. The van der Waals surface area contributed by atoms with Crippen molar-refractivity contribution in [3.63, 3.8) is 0 Å². The molecular weight excluding hydrogens is 266 g/mol. The zero-order valence-corrected chi connectivity index (χ0v) is 11.6. The van der Waals surface area contributed by atoms with Gasteiger partial charge in [-0.05, 0) is 12.0 Å². The van der Waals surface area contributed by atoms with Gasteiger partial charge in [0, 0.05) is 13.0 Å². The summed E-state index contributed by atoms with van der Waals surface area (Å²) >= 11 is 0. The van der Waals surface area contributed by atoms with Crippen molar-refractivity contribution in [3.05, 3.63) is 48.0 Å². The molecule has 0 unspecified atom stereocenters. The van der Waals surface area contributed by atoms with Gasteiger partial charge in [0.05, 0.1) is 6.61 Å². The Balaban J connectivity index is 1.95. The molecule has 108 valence electrons. The number of nitrogens with two attached hydrogens (primary N) is 1. The zero-order valence-electron chi connectivity index (χ0n) is 11.6. The van der Waals surface area contributed by atoms with E-state index in [9.17, 15) is 5.11 Å². The van der Waals surface area contributed by atoms with Crippen molar-refractivity contribution in [2.45, 2.75) is 19.4 Å². The van der Waals surface area contributed by atoms with E-state index in [1.807, 2.05) is 22.8 Å². The fourth-order valence-corrected chi connectivity index (χ4v) is 2.41. The van der Waals surface area contributed by atoms with Crippen molar-refractivity contribution in [3.8, 4) is 0 Å². The van der Waals surface area contributed by atoms with E-state index in [-0.39, 0.29) is 6.61 Å². The molecule has 3 rings (SSSR count). The molecule has 2 heterocycles. The van der Waals surface area contributed by atoms with Crippen LogP contribution in [-0.4, -0.2) is 31.2 Å². The van der Waals surface area contributed by atoms with E-state index in [2.05, 4.69) is 27.1 Å². The third kappa shape index (κ3) is 2.71. The average Bonchev–Trinajstić information content (AvgIpc) is 2.86. The molecule has 6 heteroatoms. The van der Waals surface area contributed by atoms with Crippen LogP contribution in [0.25, 0.3) is 11.2 Å². The van der Waals surface area contributed by atoms with Gasteiger partial charge in [-0.15, -0.1) is 0 Å². The molecule has 3 N–H and O–H groups in total. The Morgan fingerprint density at radius 1 is 1.10 bits per heavy atom. The molecule has 0 amide bonds. The highest BCUT2D eigenvalue weighted by atomic mass is 16.3. The molecule has 0 bridgehead atoms. The number of aryl methyl sites for hydroxylation is 2. The number of aromatic nitrogens is 4. The van der Waals surface area contributed by atoms with Gasteiger partial charge in [0.2, 0.25) is 0 Å². The Morgan fingerprint density at radius 3 is 2.67 bits per heavy atom. The second kappa shape index (κ2) is 5.88. The van der Waals surface area contributed by atoms with Crippen LogP contribution in [0, 0.1) is 0 Å². The molecule has 21 heavy (non-hydrogen) atoms. The van der Waals surface area contributed by atoms with Gasteiger partial charge in [-0.2, -0.15) is 0 Å². The van der Waals surface area contributed by atoms with Crippen molar-refractivity contribution in [1.29, 1.82) is 0 Å². The molecule has 0 atom stereocenters. The second-order valence-corrected chi connectivity index (χ2v) is 4.82. The number of fused-ring (bicyclic) bond motifs is 1. The van der Waals surface area contributed by atoms with E-state index < -0.39 is 0 Å². The van der Waals surface area contributed by atoms with Crippen LogP contribution in [-0.2, 0) is 19.4 Å². The molecule has 0 saturated heterocycles. The zero-order chi connectivity index (χ0) is 14.7. The Hall–Kier alpha value is -2.47. The predicted octanol–water partition coefficient (Wildman–Crippen LogP) is 1.19. The maximum absolute atomic E-state index is 9.20. The van der Waals surface area contributed by atoms with E-state index in [4.69, 9.17) is 5.73 Å². The van der Waals surface area contributed by atoms with Crippen LogP contribution in [0.5, 0.6) is 0 Å². The van der Waals surface area contributed by atoms with Crippen LogP contribution in [0.15, 0.2) is 36.7 Å². The van der Waals surface area contributed by atoms with Crippen LogP contribution in [0.1, 0.15) is 11.4 Å². The number of nitrogens with zero attached hydrogens (tertiary/aromatic N) is 4. The maximum atomic E-state index is 9.20. The summed E-state index contributed by atoms with van der Waals surface area (Å²) in [6, 6.07) is 10.2. The van der Waals surface area contributed by atoms with Gasteiger partial charge >= 0.3 is 0 Å². The molecule has 0 fully saturated rings. The molecule has 0 saturated carbocycles. The lowest BCUT2D eigenvalue weighted by molar-refractivity contribution is 0.295. The van der Waals surface area contributed by atoms with Crippen molar-refractivity contribution in [1.82, 2.24) is 19.5 Å². The highest BCUT2D eigenvalue weighted by Crippen LogP contribution is 2.19. The minimum Gasteiger partial charge on any atom is -0.396 e. The highest BCUT2D eigenvalue weighted by molar-refractivity contribution is 5.81. The SMILES string of the molecule is Nc1ncnc2c1nc(CCO)n2CCc1ccccc1. The molecular formula is C15H17N5O. The highest BCUT2D eigenvalue weighted by Gasteiger charge is 2.14. The predicted molar refractivity (Wildman–Crippen MR) is 80.7 cm³/mol. The topological polar surface area (TPSA) is 89.8 Å². The number of aliphatic hydroxyl groups excluding tert-OH is 1. The molecule has 6 nitrogen and oxygen atoms in total. The largest absolute Gasteiger partial charge is 0.396 e. The van der Waals surface area contributed by atoms with Gasteiger partial charge in [0.25, 0.3) is 0 Å². The van der Waals surface area contributed by atoms with Crippen molar-refractivity contribution in [2.75, 3.05) is 12.3 Å². The van der Waals surface area contributed by atoms with Crippen LogP contribution >= 0.6 is 0 Å². The Kier molecular flexibility index (Phi) is 3.79. The molecule has 0 aliphatic rings. The molecule has 0 aliphatic carbocycles. The van der Waals surface area contributed by atoms with E-state index in [0.717, 1.165) is 24.4 Å². The van der Waals surface area contributed by atoms with Crippen LogP contribution in [0.4, 0.5) is 5.82 Å². The minimum atomic E-state index is 0.0436. The fraction of sp³-hybridized carbons (Fsp3) is 0.267. The number of hydrogen-bond donors (Lipinski definition) is 2. The maximum Gasteiger partial charge on any atom is 0.165 e. The number of rotatable bonds is 5. The summed E-state index contributed by atoms with van der Waals surface area (Å²) in [6.07, 6.45) is 2.79. The Bertz CT molecular complexity index is 738. The van der Waals surface area contributed by atoms with Gasteiger partial charge in [-0.3, -0.25) is 0 Å². The van der Waals surface area contributed by atoms with Gasteiger partial charge in [-0.1, -0.05) is 30.3 Å². The lowest BCUT2D eigenvalue weighted by Gasteiger charge is -2.08. The number of benzene rings is 1. The van der Waals surface area contributed by atoms with E-state index >= 15 is 0 Å².